The van der Waals surface area contributed by atoms with Crippen molar-refractivity contribution in [3.05, 3.63) is 12.0 Å². The van der Waals surface area contributed by atoms with E-state index in [0.717, 1.165) is 6.08 Å². The van der Waals surface area contributed by atoms with Crippen molar-refractivity contribution in [3.8, 4) is 0 Å². The minimum absolute atomic E-state index is 0.477. The maximum Gasteiger partial charge on any atom is 0.572 e. The molecular formula is C6H4F3NO4. The van der Waals surface area contributed by atoms with Crippen molar-refractivity contribution < 1.29 is 32.2 Å². The summed E-state index contributed by atoms with van der Waals surface area (Å²) in [6, 6.07) is 0. The standard InChI is InChI=1S/C6H4F3NO4/c7-6(8,9)14-4-1-12-5(10-3-11)13-2-4/h1,5H,2H2. The first-order chi connectivity index (χ1) is 6.51. The van der Waals surface area contributed by atoms with Crippen molar-refractivity contribution >= 4 is 6.08 Å². The maximum atomic E-state index is 11.6. The van der Waals surface area contributed by atoms with Crippen LogP contribution in [0.1, 0.15) is 0 Å². The molecule has 0 bridgehead atoms. The van der Waals surface area contributed by atoms with Gasteiger partial charge >= 0.3 is 12.8 Å². The summed E-state index contributed by atoms with van der Waals surface area (Å²) in [7, 11) is 0. The summed E-state index contributed by atoms with van der Waals surface area (Å²) in [6.45, 7) is -0.477. The molecule has 0 amide bonds. The zero-order valence-electron chi connectivity index (χ0n) is 6.58. The molecule has 0 N–H and O–H groups in total. The van der Waals surface area contributed by atoms with Crippen LogP contribution in [-0.4, -0.2) is 25.5 Å². The van der Waals surface area contributed by atoms with E-state index >= 15 is 0 Å². The minimum atomic E-state index is -4.79. The summed E-state index contributed by atoms with van der Waals surface area (Å²) < 4.78 is 47.3. The van der Waals surface area contributed by atoms with Crippen LogP contribution in [0.15, 0.2) is 17.0 Å². The molecule has 0 spiro atoms. The lowest BCUT2D eigenvalue weighted by Gasteiger charge is -2.20. The van der Waals surface area contributed by atoms with E-state index in [4.69, 9.17) is 0 Å². The van der Waals surface area contributed by atoms with Crippen LogP contribution >= 0.6 is 0 Å². The molecule has 1 aliphatic rings. The van der Waals surface area contributed by atoms with E-state index in [0.29, 0.717) is 6.26 Å². The largest absolute Gasteiger partial charge is 0.572 e. The molecule has 14 heavy (non-hydrogen) atoms. The number of rotatable bonds is 2. The van der Waals surface area contributed by atoms with Crippen LogP contribution in [-0.2, 0) is 19.0 Å². The smallest absolute Gasteiger partial charge is 0.449 e. The van der Waals surface area contributed by atoms with Crippen molar-refractivity contribution in [2.24, 2.45) is 4.99 Å². The van der Waals surface area contributed by atoms with E-state index in [1.807, 2.05) is 0 Å². The summed E-state index contributed by atoms with van der Waals surface area (Å²) in [4.78, 5) is 12.7. The normalized spacial score (nSPS) is 21.6. The van der Waals surface area contributed by atoms with Crippen molar-refractivity contribution in [3.63, 3.8) is 0 Å². The topological polar surface area (TPSA) is 57.1 Å². The number of hydrogen-bond donors (Lipinski definition) is 0. The Bertz CT molecular complexity index is 281. The SMILES string of the molecule is O=C=NC1OC=C(OC(F)(F)F)CO1. The number of hydrogen-bond acceptors (Lipinski definition) is 5. The summed E-state index contributed by atoms with van der Waals surface area (Å²) >= 11 is 0. The van der Waals surface area contributed by atoms with Crippen LogP contribution in [0.2, 0.25) is 0 Å². The molecule has 0 saturated heterocycles. The lowest BCUT2D eigenvalue weighted by atomic mass is 10.5. The maximum absolute atomic E-state index is 11.6. The van der Waals surface area contributed by atoms with Gasteiger partial charge in [-0.1, -0.05) is 0 Å². The van der Waals surface area contributed by atoms with Gasteiger partial charge in [-0.25, -0.2) is 4.79 Å². The van der Waals surface area contributed by atoms with E-state index in [9.17, 15) is 18.0 Å². The Morgan fingerprint density at radius 2 is 2.36 bits per heavy atom. The second-order valence-corrected chi connectivity index (χ2v) is 2.11. The Hall–Kier alpha value is -1.53. The molecule has 0 aromatic carbocycles. The Balaban J connectivity index is 2.49. The van der Waals surface area contributed by atoms with Crippen LogP contribution in [0.3, 0.4) is 0 Å². The molecule has 5 nitrogen and oxygen atoms in total. The fourth-order valence-corrected chi connectivity index (χ4v) is 0.674. The number of carbonyl (C=O) groups excluding carboxylic acids is 1. The van der Waals surface area contributed by atoms with Gasteiger partial charge in [0.15, 0.2) is 5.76 Å². The molecule has 1 aliphatic heterocycles. The van der Waals surface area contributed by atoms with Crippen molar-refractivity contribution in [1.29, 1.82) is 0 Å². The molecule has 0 fully saturated rings. The van der Waals surface area contributed by atoms with Crippen LogP contribution in [0, 0.1) is 0 Å². The molecular weight excluding hydrogens is 207 g/mol. The van der Waals surface area contributed by atoms with E-state index in [1.165, 1.54) is 0 Å². The summed E-state index contributed by atoms with van der Waals surface area (Å²) in [5.74, 6) is -0.546. The highest BCUT2D eigenvalue weighted by atomic mass is 19.4. The zero-order valence-corrected chi connectivity index (χ0v) is 6.58. The highest BCUT2D eigenvalue weighted by Crippen LogP contribution is 2.23. The molecule has 1 unspecified atom stereocenters. The first-order valence-electron chi connectivity index (χ1n) is 3.30. The quantitative estimate of drug-likeness (QED) is 0.505. The van der Waals surface area contributed by atoms with Crippen LogP contribution in [0.4, 0.5) is 13.2 Å². The lowest BCUT2D eigenvalue weighted by Crippen LogP contribution is -2.23. The first-order valence-corrected chi connectivity index (χ1v) is 3.30. The van der Waals surface area contributed by atoms with Crippen molar-refractivity contribution in [2.75, 3.05) is 6.61 Å². The number of isocyanates is 1. The van der Waals surface area contributed by atoms with Gasteiger partial charge in [-0.3, -0.25) is 0 Å². The number of aliphatic imine (C=N–C) groups is 1. The fourth-order valence-electron chi connectivity index (χ4n) is 0.674. The lowest BCUT2D eigenvalue weighted by molar-refractivity contribution is -0.313. The van der Waals surface area contributed by atoms with E-state index < -0.39 is 25.1 Å². The summed E-state index contributed by atoms with van der Waals surface area (Å²) in [6.07, 6.45) is -4.23. The van der Waals surface area contributed by atoms with E-state index in [2.05, 4.69) is 19.2 Å². The highest BCUT2D eigenvalue weighted by Gasteiger charge is 2.33. The van der Waals surface area contributed by atoms with Gasteiger partial charge in [-0.05, 0) is 0 Å². The molecule has 1 heterocycles. The summed E-state index contributed by atoms with van der Waals surface area (Å²) in [5.41, 5.74) is 0. The van der Waals surface area contributed by atoms with Gasteiger partial charge in [0, 0.05) is 0 Å². The third-order valence-electron chi connectivity index (χ3n) is 1.09. The molecule has 0 aromatic rings. The zero-order chi connectivity index (χ0) is 10.6. The number of nitrogens with zero attached hydrogens (tertiary/aromatic N) is 1. The van der Waals surface area contributed by atoms with Crippen LogP contribution in [0.25, 0.3) is 0 Å². The first kappa shape index (κ1) is 10.6. The molecule has 0 aromatic heterocycles. The fraction of sp³-hybridized carbons (Fsp3) is 0.500. The Kier molecular flexibility index (Phi) is 3.10. The third kappa shape index (κ3) is 3.46. The minimum Gasteiger partial charge on any atom is -0.449 e. The van der Waals surface area contributed by atoms with Gasteiger partial charge in [0.1, 0.15) is 12.9 Å². The van der Waals surface area contributed by atoms with Crippen molar-refractivity contribution in [1.82, 2.24) is 0 Å². The van der Waals surface area contributed by atoms with Gasteiger partial charge in [-0.15, -0.1) is 18.2 Å². The predicted octanol–water partition coefficient (Wildman–Crippen LogP) is 1.03. The second-order valence-electron chi connectivity index (χ2n) is 2.11. The van der Waals surface area contributed by atoms with Gasteiger partial charge in [0.2, 0.25) is 6.08 Å². The monoisotopic (exact) mass is 211 g/mol. The molecule has 0 radical (unpaired) electrons. The summed E-state index contributed by atoms with van der Waals surface area (Å²) in [5, 5.41) is 0. The van der Waals surface area contributed by atoms with Gasteiger partial charge in [0.25, 0.3) is 0 Å². The Labute approximate surface area is 75.8 Å². The van der Waals surface area contributed by atoms with Crippen LogP contribution in [0.5, 0.6) is 0 Å². The molecule has 0 saturated carbocycles. The number of halogens is 3. The third-order valence-corrected chi connectivity index (χ3v) is 1.09. The van der Waals surface area contributed by atoms with Gasteiger partial charge < -0.3 is 14.2 Å². The Morgan fingerprint density at radius 3 is 2.79 bits per heavy atom. The number of alkyl halides is 3. The highest BCUT2D eigenvalue weighted by molar-refractivity contribution is 5.32. The number of ether oxygens (including phenoxy) is 3. The average Bonchev–Trinajstić information content (AvgIpc) is 2.06. The molecule has 1 rings (SSSR count). The second kappa shape index (κ2) is 4.12. The molecule has 8 heteroatoms. The predicted molar refractivity (Wildman–Crippen MR) is 34.2 cm³/mol. The van der Waals surface area contributed by atoms with Crippen molar-refractivity contribution in [2.45, 2.75) is 12.8 Å². The van der Waals surface area contributed by atoms with E-state index in [1.54, 1.807) is 0 Å². The average molecular weight is 211 g/mol. The van der Waals surface area contributed by atoms with Gasteiger partial charge in [-0.2, -0.15) is 0 Å². The molecule has 78 valence electrons. The van der Waals surface area contributed by atoms with E-state index in [-0.39, 0.29) is 0 Å². The van der Waals surface area contributed by atoms with Gasteiger partial charge in [0.05, 0.1) is 0 Å². The van der Waals surface area contributed by atoms with Crippen LogP contribution < -0.4 is 0 Å². The molecule has 1 atom stereocenters. The Morgan fingerprint density at radius 1 is 1.64 bits per heavy atom. The molecule has 0 aliphatic carbocycles.